The Morgan fingerprint density at radius 1 is 1.12 bits per heavy atom. The van der Waals surface area contributed by atoms with E-state index in [1.165, 1.54) is 10.5 Å². The quantitative estimate of drug-likeness (QED) is 0.637. The van der Waals surface area contributed by atoms with Gasteiger partial charge in [-0.1, -0.05) is 0 Å². The monoisotopic (exact) mass is 213 g/mol. The zero-order valence-electron chi connectivity index (χ0n) is 8.16. The van der Waals surface area contributed by atoms with Crippen LogP contribution in [0.25, 0.3) is 17.3 Å². The summed E-state index contributed by atoms with van der Waals surface area (Å²) in [6, 6.07) is 3.17. The Morgan fingerprint density at radius 2 is 1.94 bits per heavy atom. The van der Waals surface area contributed by atoms with E-state index in [-0.39, 0.29) is 5.56 Å². The van der Waals surface area contributed by atoms with Crippen molar-refractivity contribution in [3.8, 4) is 11.5 Å². The van der Waals surface area contributed by atoms with E-state index >= 15 is 0 Å². The lowest BCUT2D eigenvalue weighted by atomic mass is 10.4. The Balaban J connectivity index is 2.30. The van der Waals surface area contributed by atoms with Crippen LogP contribution in [0.1, 0.15) is 0 Å². The van der Waals surface area contributed by atoms with Gasteiger partial charge in [-0.15, -0.1) is 0 Å². The van der Waals surface area contributed by atoms with Crippen molar-refractivity contribution in [2.45, 2.75) is 0 Å². The van der Waals surface area contributed by atoms with Gasteiger partial charge in [0.2, 0.25) is 5.78 Å². The molecule has 1 N–H and O–H groups in total. The van der Waals surface area contributed by atoms with E-state index in [2.05, 4.69) is 19.9 Å². The van der Waals surface area contributed by atoms with Crippen molar-refractivity contribution in [2.75, 3.05) is 0 Å². The van der Waals surface area contributed by atoms with Crippen molar-refractivity contribution < 1.29 is 0 Å². The molecular formula is C10H7N5O. The van der Waals surface area contributed by atoms with Gasteiger partial charge in [0, 0.05) is 30.9 Å². The predicted molar refractivity (Wildman–Crippen MR) is 56.8 cm³/mol. The second-order valence-electron chi connectivity index (χ2n) is 3.21. The predicted octanol–water partition coefficient (Wildman–Crippen LogP) is 0.480. The van der Waals surface area contributed by atoms with Gasteiger partial charge in [0.15, 0.2) is 5.82 Å². The number of aromatic nitrogens is 5. The third kappa shape index (κ3) is 1.28. The van der Waals surface area contributed by atoms with Crippen molar-refractivity contribution in [3.63, 3.8) is 0 Å². The van der Waals surface area contributed by atoms with Crippen LogP contribution < -0.4 is 5.56 Å². The van der Waals surface area contributed by atoms with E-state index in [1.54, 1.807) is 30.9 Å². The van der Waals surface area contributed by atoms with Gasteiger partial charge < -0.3 is 4.98 Å². The lowest BCUT2D eigenvalue weighted by Crippen LogP contribution is -2.12. The Labute approximate surface area is 89.6 Å². The summed E-state index contributed by atoms with van der Waals surface area (Å²) in [6.45, 7) is 0. The molecule has 0 atom stereocenters. The average molecular weight is 213 g/mol. The Hall–Kier alpha value is -2.50. The standard InChI is InChI=1S/C10H7N5O/c16-8-6-7(9-11-2-1-3-12-9)14-10-13-4-5-15(8)10/h1-6H,(H,13,14). The number of rotatable bonds is 1. The molecule has 0 fully saturated rings. The Kier molecular flexibility index (Phi) is 1.79. The summed E-state index contributed by atoms with van der Waals surface area (Å²) in [4.78, 5) is 26.8. The van der Waals surface area contributed by atoms with E-state index in [0.717, 1.165) is 0 Å². The van der Waals surface area contributed by atoms with Crippen molar-refractivity contribution in [1.82, 2.24) is 24.3 Å². The Bertz CT molecular complexity index is 685. The van der Waals surface area contributed by atoms with E-state index in [9.17, 15) is 4.79 Å². The van der Waals surface area contributed by atoms with Crippen LogP contribution in [0.4, 0.5) is 0 Å². The van der Waals surface area contributed by atoms with Gasteiger partial charge in [-0.25, -0.2) is 15.0 Å². The highest BCUT2D eigenvalue weighted by molar-refractivity contribution is 5.51. The molecule has 0 aliphatic heterocycles. The SMILES string of the molecule is O=c1cc(-c2ncccn2)[nH]c2nccn12. The van der Waals surface area contributed by atoms with Crippen LogP contribution in [0.5, 0.6) is 0 Å². The van der Waals surface area contributed by atoms with Gasteiger partial charge >= 0.3 is 0 Å². The van der Waals surface area contributed by atoms with Crippen LogP contribution in [0, 0.1) is 0 Å². The van der Waals surface area contributed by atoms with Crippen LogP contribution in [-0.4, -0.2) is 24.3 Å². The van der Waals surface area contributed by atoms with Gasteiger partial charge in [-0.3, -0.25) is 9.20 Å². The molecule has 3 aromatic heterocycles. The number of hydrogen-bond acceptors (Lipinski definition) is 4. The van der Waals surface area contributed by atoms with E-state index in [4.69, 9.17) is 0 Å². The number of nitrogens with one attached hydrogen (secondary N) is 1. The topological polar surface area (TPSA) is 75.9 Å². The normalized spacial score (nSPS) is 10.8. The van der Waals surface area contributed by atoms with E-state index in [1.807, 2.05) is 0 Å². The third-order valence-corrected chi connectivity index (χ3v) is 2.20. The van der Waals surface area contributed by atoms with Crippen molar-refractivity contribution in [1.29, 1.82) is 0 Å². The van der Waals surface area contributed by atoms with Gasteiger partial charge in [0.25, 0.3) is 5.56 Å². The maximum Gasteiger partial charge on any atom is 0.259 e. The highest BCUT2D eigenvalue weighted by Crippen LogP contribution is 2.08. The molecule has 0 bridgehead atoms. The van der Waals surface area contributed by atoms with Gasteiger partial charge in [-0.2, -0.15) is 0 Å². The van der Waals surface area contributed by atoms with Crippen LogP contribution in [0.3, 0.4) is 0 Å². The van der Waals surface area contributed by atoms with Crippen LogP contribution >= 0.6 is 0 Å². The summed E-state index contributed by atoms with van der Waals surface area (Å²) in [5.41, 5.74) is 0.401. The number of H-pyrrole nitrogens is 1. The number of hydrogen-bond donors (Lipinski definition) is 1. The van der Waals surface area contributed by atoms with Crippen molar-refractivity contribution in [3.05, 3.63) is 47.3 Å². The van der Waals surface area contributed by atoms with E-state index in [0.29, 0.717) is 17.3 Å². The molecule has 3 heterocycles. The lowest BCUT2D eigenvalue weighted by molar-refractivity contribution is 1.04. The first-order valence-electron chi connectivity index (χ1n) is 4.68. The first-order valence-corrected chi connectivity index (χ1v) is 4.68. The maximum absolute atomic E-state index is 11.7. The van der Waals surface area contributed by atoms with Gasteiger partial charge in [-0.05, 0) is 6.07 Å². The smallest absolute Gasteiger partial charge is 0.259 e. The van der Waals surface area contributed by atoms with Crippen LogP contribution in [-0.2, 0) is 0 Å². The second-order valence-corrected chi connectivity index (χ2v) is 3.21. The molecule has 0 amide bonds. The van der Waals surface area contributed by atoms with E-state index < -0.39 is 0 Å². The fourth-order valence-electron chi connectivity index (χ4n) is 1.48. The highest BCUT2D eigenvalue weighted by atomic mass is 16.1. The summed E-state index contributed by atoms with van der Waals surface area (Å²) in [6.07, 6.45) is 6.40. The summed E-state index contributed by atoms with van der Waals surface area (Å²) in [5.74, 6) is 0.958. The lowest BCUT2D eigenvalue weighted by Gasteiger charge is -1.99. The third-order valence-electron chi connectivity index (χ3n) is 2.20. The zero-order chi connectivity index (χ0) is 11.0. The minimum absolute atomic E-state index is 0.159. The molecule has 6 heteroatoms. The molecule has 0 unspecified atom stereocenters. The number of aromatic amines is 1. The number of nitrogens with zero attached hydrogens (tertiary/aromatic N) is 4. The first-order chi connectivity index (χ1) is 7.84. The highest BCUT2D eigenvalue weighted by Gasteiger charge is 2.05. The fourth-order valence-corrected chi connectivity index (χ4v) is 1.48. The van der Waals surface area contributed by atoms with Gasteiger partial charge in [0.05, 0.1) is 5.69 Å². The molecule has 3 aromatic rings. The second kappa shape index (κ2) is 3.27. The minimum Gasteiger partial charge on any atom is -0.322 e. The molecule has 0 spiro atoms. The number of fused-ring (bicyclic) bond motifs is 1. The number of imidazole rings is 1. The molecule has 16 heavy (non-hydrogen) atoms. The van der Waals surface area contributed by atoms with Gasteiger partial charge in [0.1, 0.15) is 0 Å². The summed E-state index contributed by atoms with van der Waals surface area (Å²) < 4.78 is 1.42. The van der Waals surface area contributed by atoms with Crippen LogP contribution in [0.2, 0.25) is 0 Å². The maximum atomic E-state index is 11.7. The molecule has 0 radical (unpaired) electrons. The molecular weight excluding hydrogens is 206 g/mol. The molecule has 3 rings (SSSR count). The molecule has 0 aliphatic rings. The molecule has 0 aliphatic carbocycles. The summed E-state index contributed by atoms with van der Waals surface area (Å²) in [5, 5.41) is 0. The molecule has 0 aromatic carbocycles. The zero-order valence-corrected chi connectivity index (χ0v) is 8.16. The molecule has 0 saturated carbocycles. The average Bonchev–Trinajstić information content (AvgIpc) is 2.79. The first kappa shape index (κ1) is 8.78. The minimum atomic E-state index is -0.159. The van der Waals surface area contributed by atoms with Crippen molar-refractivity contribution in [2.24, 2.45) is 0 Å². The fraction of sp³-hybridized carbons (Fsp3) is 0. The molecule has 78 valence electrons. The molecule has 0 saturated heterocycles. The van der Waals surface area contributed by atoms with Crippen LogP contribution in [0.15, 0.2) is 41.7 Å². The molecule has 6 nitrogen and oxygen atoms in total. The van der Waals surface area contributed by atoms with Crippen molar-refractivity contribution >= 4 is 5.78 Å². The summed E-state index contributed by atoms with van der Waals surface area (Å²) in [7, 11) is 0. The largest absolute Gasteiger partial charge is 0.322 e. The Morgan fingerprint density at radius 3 is 2.75 bits per heavy atom. The summed E-state index contributed by atoms with van der Waals surface area (Å²) >= 11 is 0.